The van der Waals surface area contributed by atoms with Gasteiger partial charge >= 0.3 is 6.18 Å². The number of hydrogen-bond acceptors (Lipinski definition) is 6. The molecule has 3 aromatic rings. The van der Waals surface area contributed by atoms with Gasteiger partial charge in [-0.3, -0.25) is 9.36 Å². The van der Waals surface area contributed by atoms with E-state index in [0.29, 0.717) is 29.3 Å². The lowest BCUT2D eigenvalue weighted by Gasteiger charge is -2.31. The van der Waals surface area contributed by atoms with Gasteiger partial charge in [-0.25, -0.2) is 0 Å². The Kier molecular flexibility index (Phi) is 6.96. The molecule has 11 heteroatoms. The van der Waals surface area contributed by atoms with E-state index in [0.717, 1.165) is 43.8 Å². The molecule has 176 valence electrons. The summed E-state index contributed by atoms with van der Waals surface area (Å²) in [4.78, 5) is 14.6. The summed E-state index contributed by atoms with van der Waals surface area (Å²) < 4.78 is 47.0. The predicted octanol–water partition coefficient (Wildman–Crippen LogP) is 4.91. The third-order valence-electron chi connectivity index (χ3n) is 5.50. The van der Waals surface area contributed by atoms with Gasteiger partial charge in [0.25, 0.3) is 0 Å². The first-order valence-electron chi connectivity index (χ1n) is 10.6. The van der Waals surface area contributed by atoms with Crippen LogP contribution in [0, 0.1) is 5.92 Å². The minimum atomic E-state index is -4.55. The molecular formula is C22H24F3N5O2S. The number of nitrogens with one attached hydrogen (secondary N) is 1. The predicted molar refractivity (Wildman–Crippen MR) is 119 cm³/mol. The van der Waals surface area contributed by atoms with Crippen LogP contribution < -0.4 is 10.2 Å². The van der Waals surface area contributed by atoms with Crippen molar-refractivity contribution >= 4 is 29.3 Å². The van der Waals surface area contributed by atoms with E-state index in [1.54, 1.807) is 12.3 Å². The number of hydrogen-bond donors (Lipinski definition) is 1. The van der Waals surface area contributed by atoms with Gasteiger partial charge in [0, 0.05) is 13.1 Å². The maximum absolute atomic E-state index is 13.2. The minimum Gasteiger partial charge on any atom is -0.467 e. The number of thioether (sulfide) groups is 1. The Balaban J connectivity index is 1.48. The lowest BCUT2D eigenvalue weighted by atomic mass is 10.00. The van der Waals surface area contributed by atoms with Gasteiger partial charge in [0.2, 0.25) is 11.9 Å². The Morgan fingerprint density at radius 1 is 1.18 bits per heavy atom. The maximum atomic E-state index is 13.2. The van der Waals surface area contributed by atoms with Gasteiger partial charge in [-0.1, -0.05) is 30.8 Å². The van der Waals surface area contributed by atoms with Gasteiger partial charge in [-0.05, 0) is 43.0 Å². The number of amides is 1. The Labute approximate surface area is 193 Å². The molecule has 1 saturated heterocycles. The molecular weight excluding hydrogens is 455 g/mol. The van der Waals surface area contributed by atoms with Gasteiger partial charge in [0.1, 0.15) is 5.76 Å². The van der Waals surface area contributed by atoms with Crippen LogP contribution >= 0.6 is 11.8 Å². The number of rotatable bonds is 7. The number of aromatic nitrogens is 3. The first-order chi connectivity index (χ1) is 15.8. The number of anilines is 2. The van der Waals surface area contributed by atoms with Crippen LogP contribution in [0.1, 0.15) is 31.1 Å². The summed E-state index contributed by atoms with van der Waals surface area (Å²) in [7, 11) is 0. The van der Waals surface area contributed by atoms with Crippen molar-refractivity contribution in [3.8, 4) is 0 Å². The highest BCUT2D eigenvalue weighted by molar-refractivity contribution is 7.99. The second-order valence-corrected chi connectivity index (χ2v) is 8.94. The summed E-state index contributed by atoms with van der Waals surface area (Å²) in [6.07, 6.45) is -0.865. The fraction of sp³-hybridized carbons (Fsp3) is 0.409. The van der Waals surface area contributed by atoms with E-state index in [-0.39, 0.29) is 11.4 Å². The third kappa shape index (κ3) is 5.70. The van der Waals surface area contributed by atoms with E-state index >= 15 is 0 Å². The Bertz CT molecular complexity index is 1080. The number of benzene rings is 1. The standard InChI is InChI=1S/C22H24F3N5O2S/c1-15-8-10-29(11-9-15)20-27-28-21(30(20)13-16-5-4-12-32-16)33-14-19(31)26-18-7-3-2-6-17(18)22(23,24)25/h2-7,12,15H,8-11,13-14H2,1H3,(H,26,31). The van der Waals surface area contributed by atoms with Crippen molar-refractivity contribution in [3.05, 3.63) is 54.0 Å². The van der Waals surface area contributed by atoms with Crippen molar-refractivity contribution in [2.75, 3.05) is 29.1 Å². The van der Waals surface area contributed by atoms with Crippen molar-refractivity contribution in [2.24, 2.45) is 5.92 Å². The molecule has 1 aliphatic heterocycles. The highest BCUT2D eigenvalue weighted by atomic mass is 32.2. The molecule has 4 rings (SSSR count). The average molecular weight is 480 g/mol. The maximum Gasteiger partial charge on any atom is 0.418 e. The molecule has 1 amide bonds. The van der Waals surface area contributed by atoms with E-state index in [1.165, 1.54) is 18.2 Å². The molecule has 0 unspecified atom stereocenters. The lowest BCUT2D eigenvalue weighted by Crippen LogP contribution is -2.35. The normalized spacial score (nSPS) is 15.1. The molecule has 1 aliphatic rings. The quantitative estimate of drug-likeness (QED) is 0.486. The van der Waals surface area contributed by atoms with Gasteiger partial charge < -0.3 is 14.6 Å². The molecule has 0 radical (unpaired) electrons. The van der Waals surface area contributed by atoms with Gasteiger partial charge in [-0.2, -0.15) is 13.2 Å². The molecule has 0 aliphatic carbocycles. The second kappa shape index (κ2) is 9.90. The van der Waals surface area contributed by atoms with Crippen molar-refractivity contribution in [1.82, 2.24) is 14.8 Å². The molecule has 0 saturated carbocycles. The van der Waals surface area contributed by atoms with Crippen LogP contribution in [0.3, 0.4) is 0 Å². The molecule has 0 bridgehead atoms. The number of alkyl halides is 3. The van der Waals surface area contributed by atoms with Gasteiger partial charge in [0.15, 0.2) is 5.16 Å². The first-order valence-corrected chi connectivity index (χ1v) is 11.6. The number of nitrogens with zero attached hydrogens (tertiary/aromatic N) is 4. The Hall–Kier alpha value is -2.95. The van der Waals surface area contributed by atoms with Crippen LogP contribution in [0.15, 0.2) is 52.2 Å². The molecule has 1 fully saturated rings. The number of carbonyl (C=O) groups is 1. The van der Waals surface area contributed by atoms with Crippen LogP contribution in [-0.4, -0.2) is 39.5 Å². The number of piperidine rings is 1. The fourth-order valence-electron chi connectivity index (χ4n) is 3.68. The summed E-state index contributed by atoms with van der Waals surface area (Å²) >= 11 is 1.12. The largest absolute Gasteiger partial charge is 0.467 e. The topological polar surface area (TPSA) is 76.2 Å². The first kappa shape index (κ1) is 23.2. The van der Waals surface area contributed by atoms with Gasteiger partial charge in [0.05, 0.1) is 29.8 Å². The van der Waals surface area contributed by atoms with Crippen molar-refractivity contribution in [2.45, 2.75) is 37.6 Å². The van der Waals surface area contributed by atoms with E-state index in [2.05, 4.69) is 27.3 Å². The summed E-state index contributed by atoms with van der Waals surface area (Å²) in [5.41, 5.74) is -1.15. The number of para-hydroxylation sites is 1. The Morgan fingerprint density at radius 2 is 1.94 bits per heavy atom. The number of halogens is 3. The summed E-state index contributed by atoms with van der Waals surface area (Å²) in [5.74, 6) is 1.40. The highest BCUT2D eigenvalue weighted by Crippen LogP contribution is 2.35. The second-order valence-electron chi connectivity index (χ2n) is 8.00. The molecule has 2 aromatic heterocycles. The SMILES string of the molecule is CC1CCN(c2nnc(SCC(=O)Nc3ccccc3C(F)(F)F)n2Cc2ccco2)CC1. The number of furan rings is 1. The zero-order valence-electron chi connectivity index (χ0n) is 18.0. The molecule has 1 aromatic carbocycles. The van der Waals surface area contributed by atoms with E-state index in [4.69, 9.17) is 4.42 Å². The van der Waals surface area contributed by atoms with Crippen molar-refractivity contribution in [1.29, 1.82) is 0 Å². The summed E-state index contributed by atoms with van der Waals surface area (Å²) in [6.45, 7) is 4.33. The third-order valence-corrected chi connectivity index (χ3v) is 6.46. The summed E-state index contributed by atoms with van der Waals surface area (Å²) in [5, 5.41) is 11.5. The highest BCUT2D eigenvalue weighted by Gasteiger charge is 2.33. The molecule has 7 nitrogen and oxygen atoms in total. The molecule has 33 heavy (non-hydrogen) atoms. The smallest absolute Gasteiger partial charge is 0.418 e. The monoisotopic (exact) mass is 479 g/mol. The van der Waals surface area contributed by atoms with Gasteiger partial charge in [-0.15, -0.1) is 10.2 Å². The van der Waals surface area contributed by atoms with Crippen LogP contribution in [0.2, 0.25) is 0 Å². The van der Waals surface area contributed by atoms with Crippen molar-refractivity contribution in [3.63, 3.8) is 0 Å². The minimum absolute atomic E-state index is 0.112. The van der Waals surface area contributed by atoms with E-state index < -0.39 is 17.6 Å². The van der Waals surface area contributed by atoms with Crippen LogP contribution in [0.4, 0.5) is 24.8 Å². The van der Waals surface area contributed by atoms with Crippen LogP contribution in [0.5, 0.6) is 0 Å². The zero-order chi connectivity index (χ0) is 23.4. The molecule has 3 heterocycles. The van der Waals surface area contributed by atoms with Crippen LogP contribution in [-0.2, 0) is 17.5 Å². The lowest BCUT2D eigenvalue weighted by molar-refractivity contribution is -0.137. The van der Waals surface area contributed by atoms with Crippen molar-refractivity contribution < 1.29 is 22.4 Å². The zero-order valence-corrected chi connectivity index (χ0v) is 18.8. The van der Waals surface area contributed by atoms with E-state index in [9.17, 15) is 18.0 Å². The molecule has 0 atom stereocenters. The summed E-state index contributed by atoms with van der Waals surface area (Å²) in [6, 6.07) is 8.54. The van der Waals surface area contributed by atoms with Crippen LogP contribution in [0.25, 0.3) is 0 Å². The molecule has 1 N–H and O–H groups in total. The number of carbonyl (C=O) groups excluding carboxylic acids is 1. The Morgan fingerprint density at radius 3 is 2.64 bits per heavy atom. The van der Waals surface area contributed by atoms with E-state index in [1.807, 2.05) is 10.6 Å². The average Bonchev–Trinajstić information content (AvgIpc) is 3.43. The fourth-order valence-corrected chi connectivity index (χ4v) is 4.42. The molecule has 0 spiro atoms.